The zero-order valence-electron chi connectivity index (χ0n) is 24.8. The standard InChI is InChI=1S/C30H47N5O5/c1-18-23-15-21(30(23,3)4)16-24(18)31-27(37)26-25(19(2)36)28(38)40-35(26)17-20-8-7-9-22(14-20)33-10-12-34(13-11-33)29(39)32(5)6/h7-9,14,18-19,21,23-26,28,36,38H,10-13,15-17H2,1-6H3,(H,31,37)/t18-,19-,21+,23-,24?,25?,26-,28?/m0/s1. The van der Waals surface area contributed by atoms with Crippen molar-refractivity contribution in [2.45, 2.75) is 71.6 Å². The number of rotatable bonds is 6. The van der Waals surface area contributed by atoms with E-state index in [-0.39, 0.29) is 18.0 Å². The minimum Gasteiger partial charge on any atom is -0.393 e. The van der Waals surface area contributed by atoms with Gasteiger partial charge in [-0.1, -0.05) is 32.9 Å². The molecule has 8 atom stereocenters. The van der Waals surface area contributed by atoms with Crippen LogP contribution in [-0.2, 0) is 16.2 Å². The number of carbonyl (C=O) groups is 2. The second-order valence-corrected chi connectivity index (χ2v) is 13.2. The van der Waals surface area contributed by atoms with Gasteiger partial charge in [0.2, 0.25) is 5.91 Å². The van der Waals surface area contributed by atoms with Crippen molar-refractivity contribution in [3.05, 3.63) is 29.8 Å². The molecule has 10 nitrogen and oxygen atoms in total. The van der Waals surface area contributed by atoms with E-state index in [2.05, 4.69) is 37.1 Å². The first kappa shape index (κ1) is 29.1. The maximum Gasteiger partial charge on any atom is 0.319 e. The molecule has 10 heteroatoms. The number of urea groups is 1. The third kappa shape index (κ3) is 5.31. The number of fused-ring (bicyclic) bond motifs is 2. The van der Waals surface area contributed by atoms with Crippen LogP contribution in [0.2, 0.25) is 0 Å². The summed E-state index contributed by atoms with van der Waals surface area (Å²) < 4.78 is 0. The van der Waals surface area contributed by atoms with E-state index in [0.717, 1.165) is 30.8 Å². The fraction of sp³-hybridized carbons (Fsp3) is 0.733. The van der Waals surface area contributed by atoms with Gasteiger partial charge in [-0.15, -0.1) is 0 Å². The Labute approximate surface area is 238 Å². The number of aliphatic hydroxyl groups excluding tert-OH is 2. The van der Waals surface area contributed by atoms with Crippen LogP contribution in [0.25, 0.3) is 0 Å². The first-order valence-corrected chi connectivity index (χ1v) is 14.8. The van der Waals surface area contributed by atoms with Crippen LogP contribution in [0.3, 0.4) is 0 Å². The summed E-state index contributed by atoms with van der Waals surface area (Å²) in [6.45, 7) is 11.6. The Hall–Kier alpha value is -2.40. The average molecular weight is 558 g/mol. The highest BCUT2D eigenvalue weighted by atomic mass is 16.8. The molecule has 2 aliphatic heterocycles. The van der Waals surface area contributed by atoms with Crippen molar-refractivity contribution in [3.63, 3.8) is 0 Å². The molecular weight excluding hydrogens is 510 g/mol. The van der Waals surface area contributed by atoms with Crippen molar-refractivity contribution in [2.24, 2.45) is 29.1 Å². The zero-order valence-corrected chi connectivity index (χ0v) is 24.8. The Bertz CT molecular complexity index is 1090. The molecule has 2 saturated heterocycles. The molecule has 5 fully saturated rings. The van der Waals surface area contributed by atoms with Crippen molar-refractivity contribution in [1.29, 1.82) is 0 Å². The van der Waals surface area contributed by atoms with E-state index < -0.39 is 24.4 Å². The summed E-state index contributed by atoms with van der Waals surface area (Å²) in [5.41, 5.74) is 2.30. The third-order valence-electron chi connectivity index (χ3n) is 10.3. The second-order valence-electron chi connectivity index (χ2n) is 13.2. The Balaban J connectivity index is 1.27. The van der Waals surface area contributed by atoms with Gasteiger partial charge >= 0.3 is 6.03 Å². The number of hydroxylamine groups is 2. The van der Waals surface area contributed by atoms with Crippen molar-refractivity contribution < 1.29 is 24.6 Å². The maximum absolute atomic E-state index is 13.8. The zero-order chi connectivity index (χ0) is 28.9. The first-order valence-electron chi connectivity index (χ1n) is 14.8. The normalized spacial score (nSPS) is 34.2. The molecule has 2 bridgehead atoms. The molecule has 3 aliphatic carbocycles. The highest BCUT2D eigenvalue weighted by molar-refractivity contribution is 5.82. The van der Waals surface area contributed by atoms with Gasteiger partial charge in [-0.05, 0) is 60.6 Å². The molecule has 2 heterocycles. The third-order valence-corrected chi connectivity index (χ3v) is 10.3. The molecule has 0 aromatic heterocycles. The van der Waals surface area contributed by atoms with Crippen LogP contribution in [0.1, 0.15) is 46.1 Å². The molecule has 0 spiro atoms. The van der Waals surface area contributed by atoms with Gasteiger partial charge in [-0.3, -0.25) is 9.63 Å². The number of nitrogens with one attached hydrogen (secondary N) is 1. The summed E-state index contributed by atoms with van der Waals surface area (Å²) in [5.74, 6) is 0.626. The molecular formula is C30H47N5O5. The largest absolute Gasteiger partial charge is 0.393 e. The summed E-state index contributed by atoms with van der Waals surface area (Å²) in [6, 6.07) is 7.38. The monoisotopic (exact) mass is 557 g/mol. The van der Waals surface area contributed by atoms with Crippen LogP contribution in [0.5, 0.6) is 0 Å². The van der Waals surface area contributed by atoms with Gasteiger partial charge in [-0.2, -0.15) is 5.06 Å². The Morgan fingerprint density at radius 2 is 1.88 bits per heavy atom. The van der Waals surface area contributed by atoms with E-state index >= 15 is 0 Å². The summed E-state index contributed by atoms with van der Waals surface area (Å²) in [4.78, 5) is 37.6. The average Bonchev–Trinajstić information content (AvgIpc) is 3.24. The minimum absolute atomic E-state index is 0.0264. The summed E-state index contributed by atoms with van der Waals surface area (Å²) in [6.07, 6.45) is 0.00381. The van der Waals surface area contributed by atoms with Crippen molar-refractivity contribution in [3.8, 4) is 0 Å². The second kappa shape index (κ2) is 11.1. The fourth-order valence-electron chi connectivity index (χ4n) is 7.64. The lowest BCUT2D eigenvalue weighted by Gasteiger charge is -2.62. The number of carbonyl (C=O) groups excluding carboxylic acids is 2. The molecule has 1 aromatic carbocycles. The highest BCUT2D eigenvalue weighted by Gasteiger charge is 2.57. The van der Waals surface area contributed by atoms with E-state index in [1.165, 1.54) is 6.42 Å². The highest BCUT2D eigenvalue weighted by Crippen LogP contribution is 2.61. The van der Waals surface area contributed by atoms with Crippen molar-refractivity contribution in [2.75, 3.05) is 45.2 Å². The number of nitrogens with zero attached hydrogens (tertiary/aromatic N) is 4. The lowest BCUT2D eigenvalue weighted by Crippen LogP contribution is -2.62. The molecule has 5 aliphatic rings. The van der Waals surface area contributed by atoms with E-state index in [9.17, 15) is 19.8 Å². The topological polar surface area (TPSA) is 109 Å². The number of benzene rings is 1. The number of hydrogen-bond acceptors (Lipinski definition) is 7. The van der Waals surface area contributed by atoms with Crippen molar-refractivity contribution >= 4 is 17.6 Å². The van der Waals surface area contributed by atoms with Gasteiger partial charge in [0.25, 0.3) is 0 Å². The van der Waals surface area contributed by atoms with Crippen LogP contribution in [0, 0.1) is 29.1 Å². The molecule has 3 saturated carbocycles. The van der Waals surface area contributed by atoms with Gasteiger partial charge in [0.1, 0.15) is 6.04 Å². The maximum atomic E-state index is 13.8. The number of amides is 3. The molecule has 1 aromatic rings. The quantitative estimate of drug-likeness (QED) is 0.492. The molecule has 6 rings (SSSR count). The predicted octanol–water partition coefficient (Wildman–Crippen LogP) is 2.11. The van der Waals surface area contributed by atoms with E-state index in [4.69, 9.17) is 4.84 Å². The van der Waals surface area contributed by atoms with Crippen LogP contribution < -0.4 is 10.2 Å². The number of aliphatic hydroxyl groups is 2. The van der Waals surface area contributed by atoms with Crippen molar-refractivity contribution in [1.82, 2.24) is 20.2 Å². The number of hydrogen-bond donors (Lipinski definition) is 3. The Kier molecular flexibility index (Phi) is 8.09. The van der Waals surface area contributed by atoms with Gasteiger partial charge in [-0.25, -0.2) is 4.79 Å². The lowest BCUT2D eigenvalue weighted by atomic mass is 9.45. The minimum atomic E-state index is -1.27. The molecule has 222 valence electrons. The molecule has 40 heavy (non-hydrogen) atoms. The molecule has 0 radical (unpaired) electrons. The van der Waals surface area contributed by atoms with Gasteiger partial charge in [0.05, 0.1) is 18.6 Å². The number of piperazine rings is 1. The van der Waals surface area contributed by atoms with Crippen LogP contribution in [0.4, 0.5) is 10.5 Å². The number of anilines is 1. The first-order chi connectivity index (χ1) is 18.9. The fourth-order valence-corrected chi connectivity index (χ4v) is 7.64. The smallest absolute Gasteiger partial charge is 0.319 e. The summed E-state index contributed by atoms with van der Waals surface area (Å²) in [5, 5.41) is 26.1. The van der Waals surface area contributed by atoms with E-state index in [1.54, 1.807) is 31.0 Å². The van der Waals surface area contributed by atoms with E-state index in [1.807, 2.05) is 23.1 Å². The van der Waals surface area contributed by atoms with Gasteiger partial charge < -0.3 is 30.2 Å². The summed E-state index contributed by atoms with van der Waals surface area (Å²) >= 11 is 0. The predicted molar refractivity (Wildman–Crippen MR) is 152 cm³/mol. The van der Waals surface area contributed by atoms with Crippen LogP contribution in [-0.4, -0.2) is 102 Å². The van der Waals surface area contributed by atoms with Gasteiger partial charge in [0.15, 0.2) is 6.29 Å². The Morgan fingerprint density at radius 3 is 2.48 bits per heavy atom. The SMILES string of the molecule is C[C@H](O)C1C(O)ON(Cc2cccc(N3CCN(C(=O)N(C)C)CC3)c2)[C@@H]1C(=O)NC1C[C@H]2C[C@@H]([C@@H]1C)C2(C)C. The Morgan fingerprint density at radius 1 is 1.18 bits per heavy atom. The molecule has 3 amide bonds. The summed E-state index contributed by atoms with van der Waals surface area (Å²) in [7, 11) is 3.54. The van der Waals surface area contributed by atoms with Gasteiger partial charge in [0, 0.05) is 52.0 Å². The molecule has 3 unspecified atom stereocenters. The molecule has 3 N–H and O–H groups in total. The van der Waals surface area contributed by atoms with Crippen LogP contribution >= 0.6 is 0 Å². The van der Waals surface area contributed by atoms with E-state index in [0.29, 0.717) is 42.8 Å². The lowest BCUT2D eigenvalue weighted by molar-refractivity contribution is -0.231. The van der Waals surface area contributed by atoms with Crippen LogP contribution in [0.15, 0.2) is 24.3 Å².